The number of aromatic amines is 1. The van der Waals surface area contributed by atoms with E-state index in [0.29, 0.717) is 17.9 Å². The molecule has 0 aliphatic rings. The van der Waals surface area contributed by atoms with Crippen LogP contribution in [0.5, 0.6) is 11.5 Å². The Labute approximate surface area is 233 Å². The minimum absolute atomic E-state index is 0.0975. The van der Waals surface area contributed by atoms with Gasteiger partial charge in [0.1, 0.15) is 11.5 Å². The largest absolute Gasteiger partial charge is 0.491 e. The number of hydrogen-bond acceptors (Lipinski definition) is 8. The van der Waals surface area contributed by atoms with Crippen molar-refractivity contribution in [3.8, 4) is 22.9 Å². The first kappa shape index (κ1) is 29.3. The van der Waals surface area contributed by atoms with Gasteiger partial charge in [-0.1, -0.05) is 32.0 Å². The second kappa shape index (κ2) is 12.7. The Balaban J connectivity index is 1.65. The van der Waals surface area contributed by atoms with Crippen LogP contribution in [0.4, 0.5) is 24.7 Å². The number of alkyl halides is 3. The van der Waals surface area contributed by atoms with E-state index in [1.807, 2.05) is 44.2 Å². The van der Waals surface area contributed by atoms with Crippen molar-refractivity contribution in [2.24, 2.45) is 0 Å². The predicted molar refractivity (Wildman–Crippen MR) is 147 cm³/mol. The van der Waals surface area contributed by atoms with Crippen LogP contribution in [0.25, 0.3) is 22.3 Å². The van der Waals surface area contributed by atoms with Gasteiger partial charge in [-0.15, -0.1) is 0 Å². The lowest BCUT2D eigenvalue weighted by molar-refractivity contribution is -0.189. The summed E-state index contributed by atoms with van der Waals surface area (Å²) in [6, 6.07) is 12.2. The van der Waals surface area contributed by atoms with Gasteiger partial charge in [-0.25, -0.2) is 9.78 Å². The summed E-state index contributed by atoms with van der Waals surface area (Å²) >= 11 is 0. The number of halogens is 3. The Bertz CT molecular complexity index is 1500. The minimum Gasteiger partial charge on any atom is -0.491 e. The Hall–Kier alpha value is -4.65. The number of fused-ring (bicyclic) bond motifs is 1. The zero-order chi connectivity index (χ0) is 29.6. The van der Waals surface area contributed by atoms with Crippen LogP contribution in [0, 0.1) is 0 Å². The summed E-state index contributed by atoms with van der Waals surface area (Å²) in [5, 5.41) is 6.57. The van der Waals surface area contributed by atoms with E-state index < -0.39 is 23.8 Å². The van der Waals surface area contributed by atoms with E-state index in [0.717, 1.165) is 24.0 Å². The number of esters is 1. The van der Waals surface area contributed by atoms with E-state index in [2.05, 4.69) is 35.2 Å². The molecule has 10 nitrogen and oxygen atoms in total. The molecule has 0 fully saturated rings. The molecule has 2 aromatic heterocycles. The second-order valence-electron chi connectivity index (χ2n) is 8.88. The lowest BCUT2D eigenvalue weighted by Crippen LogP contribution is -2.35. The highest BCUT2D eigenvalue weighted by molar-refractivity contribution is 6.00. The number of nitrogens with one attached hydrogen (secondary N) is 3. The van der Waals surface area contributed by atoms with Gasteiger partial charge in [0.15, 0.2) is 11.5 Å². The summed E-state index contributed by atoms with van der Waals surface area (Å²) in [7, 11) is 1.18. The van der Waals surface area contributed by atoms with Gasteiger partial charge in [-0.3, -0.25) is 9.78 Å². The molecule has 4 rings (SSSR count). The van der Waals surface area contributed by atoms with Crippen molar-refractivity contribution in [1.29, 1.82) is 0 Å². The summed E-state index contributed by atoms with van der Waals surface area (Å²) in [4.78, 5) is 38.8. The molecule has 41 heavy (non-hydrogen) atoms. The van der Waals surface area contributed by atoms with E-state index in [1.165, 1.54) is 25.4 Å². The van der Waals surface area contributed by atoms with Gasteiger partial charge in [0, 0.05) is 24.0 Å². The molecule has 0 radical (unpaired) electrons. The molecule has 3 N–H and O–H groups in total. The maximum atomic E-state index is 13.1. The van der Waals surface area contributed by atoms with Gasteiger partial charge in [0.25, 0.3) is 5.91 Å². The third kappa shape index (κ3) is 6.92. The van der Waals surface area contributed by atoms with Crippen molar-refractivity contribution in [2.75, 3.05) is 38.6 Å². The number of carbonyl (C=O) groups excluding carboxylic acids is 2. The molecule has 0 unspecified atom stereocenters. The van der Waals surface area contributed by atoms with Crippen molar-refractivity contribution in [2.45, 2.75) is 20.0 Å². The van der Waals surface area contributed by atoms with Gasteiger partial charge in [0.05, 0.1) is 36.4 Å². The molecule has 0 aliphatic carbocycles. The first-order valence-corrected chi connectivity index (χ1v) is 12.8. The van der Waals surface area contributed by atoms with E-state index in [9.17, 15) is 22.8 Å². The van der Waals surface area contributed by atoms with Crippen LogP contribution in [0.15, 0.2) is 54.9 Å². The molecular formula is C28H29F3N6O4. The lowest BCUT2D eigenvalue weighted by Gasteiger charge is -2.20. The minimum atomic E-state index is -5.30. The van der Waals surface area contributed by atoms with Crippen LogP contribution < -0.4 is 20.1 Å². The molecule has 216 valence electrons. The summed E-state index contributed by atoms with van der Waals surface area (Å²) < 4.78 is 49.5. The fraction of sp³-hybridized carbons (Fsp3) is 0.286. The Morgan fingerprint density at radius 2 is 1.80 bits per heavy atom. The smallest absolute Gasteiger partial charge is 0.491 e. The molecule has 0 aliphatic heterocycles. The summed E-state index contributed by atoms with van der Waals surface area (Å²) in [6.07, 6.45) is -2.35. The number of H-pyrrole nitrogens is 1. The number of hydrogen-bond donors (Lipinski definition) is 3. The highest BCUT2D eigenvalue weighted by Gasteiger charge is 2.42. The predicted octanol–water partition coefficient (Wildman–Crippen LogP) is 4.92. The fourth-order valence-electron chi connectivity index (χ4n) is 4.16. The SMILES string of the molecule is CCN(CC)CCNC(=O)c1ccc(Nc2cncc(-c3cc4ccccc4[nH]3)n2)c(OC)c1OC(=O)C(F)(F)F. The monoisotopic (exact) mass is 570 g/mol. The second-order valence-corrected chi connectivity index (χ2v) is 8.88. The van der Waals surface area contributed by atoms with Crippen molar-refractivity contribution in [3.63, 3.8) is 0 Å². The first-order valence-electron chi connectivity index (χ1n) is 12.8. The third-order valence-electron chi connectivity index (χ3n) is 6.30. The summed E-state index contributed by atoms with van der Waals surface area (Å²) in [5.74, 6) is -3.97. The number of para-hydroxylation sites is 1. The quantitative estimate of drug-likeness (QED) is 0.172. The van der Waals surface area contributed by atoms with Gasteiger partial charge in [0.2, 0.25) is 0 Å². The van der Waals surface area contributed by atoms with Crippen molar-refractivity contribution in [1.82, 2.24) is 25.2 Å². The molecule has 0 saturated carbocycles. The van der Waals surface area contributed by atoms with E-state index >= 15 is 0 Å². The standard InChI is InChI=1S/C28H29F3N6O4/c1-4-37(5-2)13-12-33-26(38)18-10-11-20(25(40-3)24(18)41-27(39)28(29,30)31)35-23-16-32-15-22(36-23)21-14-17-8-6-7-9-19(17)34-21/h6-11,14-16,34H,4-5,12-13H2,1-3H3,(H,33,38)(H,35,36). The normalized spacial score (nSPS) is 11.5. The van der Waals surface area contributed by atoms with Crippen LogP contribution >= 0.6 is 0 Å². The van der Waals surface area contributed by atoms with E-state index in [-0.39, 0.29) is 29.4 Å². The highest BCUT2D eigenvalue weighted by Crippen LogP contribution is 2.41. The molecule has 0 atom stereocenters. The number of likely N-dealkylation sites (N-methyl/N-ethyl adjacent to an activating group) is 1. The van der Waals surface area contributed by atoms with Crippen LogP contribution in [-0.2, 0) is 4.79 Å². The van der Waals surface area contributed by atoms with E-state index in [1.54, 1.807) is 6.20 Å². The van der Waals surface area contributed by atoms with Crippen LogP contribution in [0.3, 0.4) is 0 Å². The average molecular weight is 571 g/mol. The van der Waals surface area contributed by atoms with Gasteiger partial charge < -0.3 is 30.0 Å². The van der Waals surface area contributed by atoms with Crippen molar-refractivity contribution >= 4 is 34.3 Å². The molecule has 0 saturated heterocycles. The maximum absolute atomic E-state index is 13.1. The number of ether oxygens (including phenoxy) is 2. The van der Waals surface area contributed by atoms with Gasteiger partial charge in [-0.05, 0) is 37.4 Å². The number of anilines is 2. The zero-order valence-electron chi connectivity index (χ0n) is 22.6. The molecular weight excluding hydrogens is 541 g/mol. The van der Waals surface area contributed by atoms with Crippen LogP contribution in [0.1, 0.15) is 24.2 Å². The summed E-state index contributed by atoms with van der Waals surface area (Å²) in [5.41, 5.74) is 1.90. The summed E-state index contributed by atoms with van der Waals surface area (Å²) in [6.45, 7) is 6.22. The number of carbonyl (C=O) groups is 2. The van der Waals surface area contributed by atoms with Crippen LogP contribution in [0.2, 0.25) is 0 Å². The molecule has 13 heteroatoms. The van der Waals surface area contributed by atoms with Crippen molar-refractivity contribution in [3.05, 3.63) is 60.4 Å². The van der Waals surface area contributed by atoms with Crippen molar-refractivity contribution < 1.29 is 32.2 Å². The first-order chi connectivity index (χ1) is 19.6. The Morgan fingerprint density at radius 3 is 2.49 bits per heavy atom. The van der Waals surface area contributed by atoms with Crippen LogP contribution in [-0.4, -0.2) is 71.2 Å². The number of aromatic nitrogens is 3. The van der Waals surface area contributed by atoms with Gasteiger partial charge >= 0.3 is 12.1 Å². The zero-order valence-corrected chi connectivity index (χ0v) is 22.6. The number of rotatable bonds is 11. The number of methoxy groups -OCH3 is 1. The lowest BCUT2D eigenvalue weighted by atomic mass is 10.1. The molecule has 0 bridgehead atoms. The van der Waals surface area contributed by atoms with Gasteiger partial charge in [-0.2, -0.15) is 13.2 Å². The molecule has 4 aromatic rings. The number of nitrogens with zero attached hydrogens (tertiary/aromatic N) is 3. The average Bonchev–Trinajstić information content (AvgIpc) is 3.40. The number of amides is 1. The highest BCUT2D eigenvalue weighted by atomic mass is 19.4. The Morgan fingerprint density at radius 1 is 1.05 bits per heavy atom. The molecule has 1 amide bonds. The molecule has 2 heterocycles. The molecule has 0 spiro atoms. The Kier molecular flexibility index (Phi) is 9.07. The third-order valence-corrected chi connectivity index (χ3v) is 6.30. The topological polar surface area (TPSA) is 121 Å². The van der Waals surface area contributed by atoms with E-state index in [4.69, 9.17) is 4.74 Å². The maximum Gasteiger partial charge on any atom is 0.491 e. The number of benzene rings is 2. The fourth-order valence-corrected chi connectivity index (χ4v) is 4.16. The molecule has 2 aromatic carbocycles.